The summed E-state index contributed by atoms with van der Waals surface area (Å²) in [6.45, 7) is 3.53. The molecule has 3 nitrogen and oxygen atoms in total. The highest BCUT2D eigenvalue weighted by Gasteiger charge is 2.36. The number of carbonyl (C=O) groups excluding carboxylic acids is 1. The van der Waals surface area contributed by atoms with Gasteiger partial charge in [-0.3, -0.25) is 4.79 Å². The second-order valence-corrected chi connectivity index (χ2v) is 4.99. The fraction of sp³-hybridized carbons (Fsp3) is 0.500. The Labute approximate surface area is 106 Å². The van der Waals surface area contributed by atoms with Gasteiger partial charge in [-0.05, 0) is 38.1 Å². The van der Waals surface area contributed by atoms with E-state index in [9.17, 15) is 9.18 Å². The Balaban J connectivity index is 2.28. The lowest BCUT2D eigenvalue weighted by Crippen LogP contribution is -2.40. The number of hydrogen-bond acceptors (Lipinski definition) is 3. The van der Waals surface area contributed by atoms with E-state index in [-0.39, 0.29) is 11.3 Å². The van der Waals surface area contributed by atoms with Crippen LogP contribution in [0.15, 0.2) is 18.2 Å². The molecule has 0 radical (unpaired) electrons. The van der Waals surface area contributed by atoms with Crippen LogP contribution in [0.5, 0.6) is 5.75 Å². The average Bonchev–Trinajstić information content (AvgIpc) is 2.38. The summed E-state index contributed by atoms with van der Waals surface area (Å²) in [5.74, 6) is -0.178. The number of nitrogens with one attached hydrogen (secondary N) is 1. The van der Waals surface area contributed by atoms with Gasteiger partial charge in [-0.15, -0.1) is 0 Å². The molecule has 0 amide bonds. The highest BCUT2D eigenvalue weighted by atomic mass is 19.1. The van der Waals surface area contributed by atoms with Gasteiger partial charge in [0, 0.05) is 11.5 Å². The molecule has 1 aliphatic rings. The minimum atomic E-state index is -0.501. The van der Waals surface area contributed by atoms with Crippen LogP contribution in [0.2, 0.25) is 0 Å². The van der Waals surface area contributed by atoms with E-state index in [4.69, 9.17) is 4.74 Å². The van der Waals surface area contributed by atoms with E-state index < -0.39 is 11.2 Å². The summed E-state index contributed by atoms with van der Waals surface area (Å²) >= 11 is 0. The number of piperidine rings is 1. The SMILES string of the molecule is COc1ccc(C(=O)C2(C)CCNCC2)c(F)c1. The van der Waals surface area contributed by atoms with Crippen molar-refractivity contribution in [1.82, 2.24) is 5.32 Å². The molecule has 0 atom stereocenters. The molecule has 1 N–H and O–H groups in total. The summed E-state index contributed by atoms with van der Waals surface area (Å²) in [5.41, 5.74) is -0.291. The van der Waals surface area contributed by atoms with Crippen molar-refractivity contribution in [3.05, 3.63) is 29.6 Å². The quantitative estimate of drug-likeness (QED) is 0.838. The average molecular weight is 251 g/mol. The molecule has 1 aromatic rings. The molecule has 0 saturated carbocycles. The Kier molecular flexibility index (Phi) is 3.66. The normalized spacial score (nSPS) is 18.4. The molecule has 0 unspecified atom stereocenters. The molecule has 0 bridgehead atoms. The molecule has 2 rings (SSSR count). The van der Waals surface area contributed by atoms with Crippen LogP contribution in [0.25, 0.3) is 0 Å². The van der Waals surface area contributed by atoms with Crippen LogP contribution in [0, 0.1) is 11.2 Å². The largest absolute Gasteiger partial charge is 0.497 e. The molecule has 4 heteroatoms. The summed E-state index contributed by atoms with van der Waals surface area (Å²) in [5, 5.41) is 3.21. The molecule has 1 aromatic carbocycles. The fourth-order valence-electron chi connectivity index (χ4n) is 2.34. The van der Waals surface area contributed by atoms with Gasteiger partial charge in [0.2, 0.25) is 0 Å². The predicted molar refractivity (Wildman–Crippen MR) is 67.5 cm³/mol. The maximum Gasteiger partial charge on any atom is 0.171 e. The Morgan fingerprint density at radius 2 is 2.06 bits per heavy atom. The number of Topliss-reactive ketones (excluding diaryl/α,β-unsaturated/α-hetero) is 1. The third kappa shape index (κ3) is 2.38. The van der Waals surface area contributed by atoms with Gasteiger partial charge >= 0.3 is 0 Å². The minimum absolute atomic E-state index is 0.107. The molecule has 0 aromatic heterocycles. The van der Waals surface area contributed by atoms with Crippen LogP contribution < -0.4 is 10.1 Å². The fourth-order valence-corrected chi connectivity index (χ4v) is 2.34. The molecular formula is C14H18FNO2. The second-order valence-electron chi connectivity index (χ2n) is 4.99. The predicted octanol–water partition coefficient (Wildman–Crippen LogP) is 2.41. The number of ketones is 1. The van der Waals surface area contributed by atoms with Gasteiger partial charge in [0.1, 0.15) is 11.6 Å². The van der Waals surface area contributed by atoms with Crippen LogP contribution in [0.1, 0.15) is 30.1 Å². The highest BCUT2D eigenvalue weighted by Crippen LogP contribution is 2.33. The lowest BCUT2D eigenvalue weighted by Gasteiger charge is -2.32. The van der Waals surface area contributed by atoms with Crippen molar-refractivity contribution in [2.75, 3.05) is 20.2 Å². The van der Waals surface area contributed by atoms with Crippen molar-refractivity contribution in [3.8, 4) is 5.75 Å². The maximum absolute atomic E-state index is 13.9. The number of benzene rings is 1. The van der Waals surface area contributed by atoms with Crippen LogP contribution >= 0.6 is 0 Å². The third-order valence-corrected chi connectivity index (χ3v) is 3.68. The lowest BCUT2D eigenvalue weighted by atomic mass is 9.75. The second kappa shape index (κ2) is 5.06. The minimum Gasteiger partial charge on any atom is -0.497 e. The van der Waals surface area contributed by atoms with E-state index in [0.717, 1.165) is 25.9 Å². The first-order valence-corrected chi connectivity index (χ1v) is 6.16. The molecule has 1 saturated heterocycles. The number of carbonyl (C=O) groups is 1. The monoisotopic (exact) mass is 251 g/mol. The molecule has 98 valence electrons. The van der Waals surface area contributed by atoms with Crippen molar-refractivity contribution in [2.45, 2.75) is 19.8 Å². The number of ether oxygens (including phenoxy) is 1. The van der Waals surface area contributed by atoms with Gasteiger partial charge in [0.15, 0.2) is 5.78 Å². The van der Waals surface area contributed by atoms with Gasteiger partial charge in [0.25, 0.3) is 0 Å². The van der Waals surface area contributed by atoms with Crippen molar-refractivity contribution >= 4 is 5.78 Å². The summed E-state index contributed by atoms with van der Waals surface area (Å²) in [7, 11) is 1.48. The Morgan fingerprint density at radius 3 is 2.61 bits per heavy atom. The van der Waals surface area contributed by atoms with Crippen molar-refractivity contribution in [2.24, 2.45) is 5.41 Å². The number of rotatable bonds is 3. The number of halogens is 1. The lowest BCUT2D eigenvalue weighted by molar-refractivity contribution is 0.0758. The van der Waals surface area contributed by atoms with Crippen molar-refractivity contribution in [3.63, 3.8) is 0 Å². The first-order chi connectivity index (χ1) is 8.57. The van der Waals surface area contributed by atoms with E-state index in [0.29, 0.717) is 5.75 Å². The van der Waals surface area contributed by atoms with Crippen LogP contribution in [0.3, 0.4) is 0 Å². The van der Waals surface area contributed by atoms with Gasteiger partial charge in [0.05, 0.1) is 12.7 Å². The first kappa shape index (κ1) is 13.0. The van der Waals surface area contributed by atoms with Crippen LogP contribution in [-0.2, 0) is 0 Å². The Hall–Kier alpha value is -1.42. The molecule has 1 fully saturated rings. The Morgan fingerprint density at radius 1 is 1.39 bits per heavy atom. The number of methoxy groups -OCH3 is 1. The van der Waals surface area contributed by atoms with Crippen molar-refractivity contribution < 1.29 is 13.9 Å². The highest BCUT2D eigenvalue weighted by molar-refractivity contribution is 6.00. The van der Waals surface area contributed by atoms with Gasteiger partial charge < -0.3 is 10.1 Å². The third-order valence-electron chi connectivity index (χ3n) is 3.68. The first-order valence-electron chi connectivity index (χ1n) is 6.16. The van der Waals surface area contributed by atoms with E-state index in [1.54, 1.807) is 6.07 Å². The molecule has 0 aliphatic carbocycles. The molecular weight excluding hydrogens is 233 g/mol. The zero-order valence-corrected chi connectivity index (χ0v) is 10.8. The zero-order chi connectivity index (χ0) is 13.2. The summed E-state index contributed by atoms with van der Waals surface area (Å²) in [4.78, 5) is 12.4. The number of hydrogen-bond donors (Lipinski definition) is 1. The van der Waals surface area contributed by atoms with Crippen LogP contribution in [-0.4, -0.2) is 26.0 Å². The van der Waals surface area contributed by atoms with Gasteiger partial charge in [-0.1, -0.05) is 6.92 Å². The molecule has 0 spiro atoms. The van der Waals surface area contributed by atoms with Crippen molar-refractivity contribution in [1.29, 1.82) is 0 Å². The maximum atomic E-state index is 13.9. The zero-order valence-electron chi connectivity index (χ0n) is 10.8. The van der Waals surface area contributed by atoms with Gasteiger partial charge in [-0.2, -0.15) is 0 Å². The van der Waals surface area contributed by atoms with E-state index in [2.05, 4.69) is 5.32 Å². The van der Waals surface area contributed by atoms with Gasteiger partial charge in [-0.25, -0.2) is 4.39 Å². The molecule has 18 heavy (non-hydrogen) atoms. The Bertz CT molecular complexity index is 453. The smallest absolute Gasteiger partial charge is 0.171 e. The van der Waals surface area contributed by atoms with E-state index >= 15 is 0 Å². The summed E-state index contributed by atoms with van der Waals surface area (Å²) in [6.07, 6.45) is 1.49. The summed E-state index contributed by atoms with van der Waals surface area (Å²) < 4.78 is 18.8. The van der Waals surface area contributed by atoms with E-state index in [1.807, 2.05) is 6.92 Å². The van der Waals surface area contributed by atoms with Crippen LogP contribution in [0.4, 0.5) is 4.39 Å². The topological polar surface area (TPSA) is 38.3 Å². The standard InChI is InChI=1S/C14H18FNO2/c1-14(5-7-16-8-6-14)13(17)11-4-3-10(18-2)9-12(11)15/h3-4,9,16H,5-8H2,1-2H3. The molecule has 1 heterocycles. The van der Waals surface area contributed by atoms with E-state index in [1.165, 1.54) is 19.2 Å². The molecule has 1 aliphatic heterocycles. The summed E-state index contributed by atoms with van der Waals surface area (Å²) in [6, 6.07) is 4.40.